The molecular formula is C14H19N3O. The van der Waals surface area contributed by atoms with Gasteiger partial charge in [-0.15, -0.1) is 0 Å². The Labute approximate surface area is 107 Å². The quantitative estimate of drug-likeness (QED) is 0.862. The van der Waals surface area contributed by atoms with E-state index in [0.717, 1.165) is 5.52 Å². The first kappa shape index (κ1) is 12.6. The van der Waals surface area contributed by atoms with Crippen molar-refractivity contribution in [2.75, 3.05) is 14.1 Å². The number of hydrogen-bond acceptors (Lipinski definition) is 2. The van der Waals surface area contributed by atoms with Gasteiger partial charge in [-0.3, -0.25) is 4.79 Å². The average Bonchev–Trinajstić information content (AvgIpc) is 2.82. The number of nitrogens with zero attached hydrogens (tertiary/aromatic N) is 1. The van der Waals surface area contributed by atoms with Crippen LogP contribution in [0.5, 0.6) is 0 Å². The number of benzene rings is 1. The third-order valence-corrected chi connectivity index (χ3v) is 3.04. The lowest BCUT2D eigenvalue weighted by Gasteiger charge is -2.18. The molecule has 1 amide bonds. The van der Waals surface area contributed by atoms with Gasteiger partial charge in [-0.25, -0.2) is 0 Å². The molecule has 2 rings (SSSR count). The molecule has 96 valence electrons. The van der Waals surface area contributed by atoms with Crippen molar-refractivity contribution < 1.29 is 4.79 Å². The first-order valence-electron chi connectivity index (χ1n) is 6.08. The minimum Gasteiger partial charge on any atom is -0.361 e. The molecule has 0 aliphatic heterocycles. The van der Waals surface area contributed by atoms with Gasteiger partial charge in [-0.1, -0.05) is 12.1 Å². The van der Waals surface area contributed by atoms with E-state index in [-0.39, 0.29) is 11.9 Å². The normalized spacial score (nSPS) is 12.6. The van der Waals surface area contributed by atoms with Gasteiger partial charge >= 0.3 is 0 Å². The molecule has 0 radical (unpaired) electrons. The largest absolute Gasteiger partial charge is 0.361 e. The van der Waals surface area contributed by atoms with Gasteiger partial charge in [-0.05, 0) is 30.0 Å². The molecule has 1 atom stereocenters. The van der Waals surface area contributed by atoms with Crippen molar-refractivity contribution >= 4 is 16.8 Å². The summed E-state index contributed by atoms with van der Waals surface area (Å²) in [7, 11) is 3.54. The summed E-state index contributed by atoms with van der Waals surface area (Å²) in [6.45, 7) is 2.57. The van der Waals surface area contributed by atoms with Crippen molar-refractivity contribution in [1.82, 2.24) is 15.2 Å². The summed E-state index contributed by atoms with van der Waals surface area (Å²) in [6.07, 6.45) is 1.93. The lowest BCUT2D eigenvalue weighted by atomic mass is 10.1. The van der Waals surface area contributed by atoms with Crippen LogP contribution in [0.1, 0.15) is 12.5 Å². The fourth-order valence-corrected chi connectivity index (χ4v) is 1.95. The van der Waals surface area contributed by atoms with Crippen LogP contribution in [0.15, 0.2) is 30.5 Å². The molecule has 4 nitrogen and oxygen atoms in total. The average molecular weight is 245 g/mol. The highest BCUT2D eigenvalue weighted by Gasteiger charge is 2.13. The molecule has 0 saturated heterocycles. The maximum atomic E-state index is 11.7. The van der Waals surface area contributed by atoms with E-state index in [9.17, 15) is 4.79 Å². The van der Waals surface area contributed by atoms with Crippen LogP contribution in [0.25, 0.3) is 10.9 Å². The van der Waals surface area contributed by atoms with E-state index in [1.54, 1.807) is 19.0 Å². The molecule has 1 aromatic carbocycles. The van der Waals surface area contributed by atoms with Crippen LogP contribution in [0, 0.1) is 0 Å². The highest BCUT2D eigenvalue weighted by atomic mass is 16.2. The van der Waals surface area contributed by atoms with Crippen molar-refractivity contribution in [2.24, 2.45) is 0 Å². The summed E-state index contributed by atoms with van der Waals surface area (Å²) in [5, 5.41) is 4.44. The van der Waals surface area contributed by atoms with E-state index in [0.29, 0.717) is 6.54 Å². The highest BCUT2D eigenvalue weighted by molar-refractivity contribution is 5.81. The topological polar surface area (TPSA) is 48.1 Å². The molecule has 1 aromatic heterocycles. The Kier molecular flexibility index (Phi) is 3.67. The van der Waals surface area contributed by atoms with Crippen molar-refractivity contribution in [1.29, 1.82) is 0 Å². The monoisotopic (exact) mass is 245 g/mol. The number of rotatable bonds is 4. The lowest BCUT2D eigenvalue weighted by molar-refractivity contribution is -0.130. The van der Waals surface area contributed by atoms with Gasteiger partial charge in [0.05, 0.1) is 6.04 Å². The van der Waals surface area contributed by atoms with E-state index < -0.39 is 0 Å². The maximum Gasteiger partial charge on any atom is 0.238 e. The SMILES string of the molecule is CC(NCc1ccc2cc[nH]c2c1)C(=O)N(C)C. The second-order valence-electron chi connectivity index (χ2n) is 4.73. The van der Waals surface area contributed by atoms with E-state index in [1.165, 1.54) is 10.9 Å². The number of H-pyrrole nitrogens is 1. The number of amides is 1. The van der Waals surface area contributed by atoms with Gasteiger partial charge in [0.25, 0.3) is 0 Å². The zero-order valence-electron chi connectivity index (χ0n) is 11.0. The van der Waals surface area contributed by atoms with Crippen LogP contribution in [-0.2, 0) is 11.3 Å². The molecule has 18 heavy (non-hydrogen) atoms. The van der Waals surface area contributed by atoms with Crippen molar-refractivity contribution in [2.45, 2.75) is 19.5 Å². The smallest absolute Gasteiger partial charge is 0.238 e. The van der Waals surface area contributed by atoms with E-state index in [2.05, 4.69) is 28.5 Å². The van der Waals surface area contributed by atoms with E-state index in [1.807, 2.05) is 19.2 Å². The van der Waals surface area contributed by atoms with E-state index >= 15 is 0 Å². The summed E-state index contributed by atoms with van der Waals surface area (Å²) < 4.78 is 0. The van der Waals surface area contributed by atoms with Crippen molar-refractivity contribution in [3.05, 3.63) is 36.0 Å². The van der Waals surface area contributed by atoms with Gasteiger partial charge in [0.1, 0.15) is 0 Å². The zero-order valence-corrected chi connectivity index (χ0v) is 11.0. The van der Waals surface area contributed by atoms with Crippen LogP contribution in [0.4, 0.5) is 0 Å². The molecule has 0 saturated carbocycles. The second kappa shape index (κ2) is 5.23. The minimum absolute atomic E-state index is 0.0935. The number of fused-ring (bicyclic) bond motifs is 1. The Hall–Kier alpha value is -1.81. The second-order valence-corrected chi connectivity index (χ2v) is 4.73. The van der Waals surface area contributed by atoms with Crippen LogP contribution < -0.4 is 5.32 Å². The third kappa shape index (κ3) is 2.71. The predicted molar refractivity (Wildman–Crippen MR) is 73.3 cm³/mol. The summed E-state index contributed by atoms with van der Waals surface area (Å²) in [6, 6.07) is 8.15. The summed E-state index contributed by atoms with van der Waals surface area (Å²) in [4.78, 5) is 16.5. The fraction of sp³-hybridized carbons (Fsp3) is 0.357. The maximum absolute atomic E-state index is 11.7. The lowest BCUT2D eigenvalue weighted by Crippen LogP contribution is -2.41. The molecule has 0 aliphatic carbocycles. The van der Waals surface area contributed by atoms with Gasteiger partial charge in [-0.2, -0.15) is 0 Å². The number of likely N-dealkylation sites (N-methyl/N-ethyl adjacent to an activating group) is 1. The van der Waals surface area contributed by atoms with Crippen LogP contribution in [-0.4, -0.2) is 35.9 Å². The van der Waals surface area contributed by atoms with Crippen LogP contribution in [0.3, 0.4) is 0 Å². The van der Waals surface area contributed by atoms with Crippen molar-refractivity contribution in [3.8, 4) is 0 Å². The molecular weight excluding hydrogens is 226 g/mol. The molecule has 0 aliphatic rings. The first-order chi connectivity index (χ1) is 8.58. The van der Waals surface area contributed by atoms with Gasteiger partial charge in [0, 0.05) is 32.4 Å². The molecule has 4 heteroatoms. The Bertz CT molecular complexity index is 545. The van der Waals surface area contributed by atoms with Crippen LogP contribution >= 0.6 is 0 Å². The molecule has 0 spiro atoms. The molecule has 0 bridgehead atoms. The Morgan fingerprint density at radius 1 is 1.39 bits per heavy atom. The van der Waals surface area contributed by atoms with E-state index in [4.69, 9.17) is 0 Å². The number of carbonyl (C=O) groups is 1. The molecule has 2 aromatic rings. The Balaban J connectivity index is 1.99. The predicted octanol–water partition coefficient (Wildman–Crippen LogP) is 1.73. The van der Waals surface area contributed by atoms with Gasteiger partial charge in [0.15, 0.2) is 0 Å². The third-order valence-electron chi connectivity index (χ3n) is 3.04. The molecule has 1 unspecified atom stereocenters. The Morgan fingerprint density at radius 3 is 2.89 bits per heavy atom. The first-order valence-corrected chi connectivity index (χ1v) is 6.08. The molecule has 0 fully saturated rings. The number of hydrogen-bond donors (Lipinski definition) is 2. The summed E-state index contributed by atoms with van der Waals surface area (Å²) in [5.41, 5.74) is 2.30. The Morgan fingerprint density at radius 2 is 2.17 bits per heavy atom. The zero-order chi connectivity index (χ0) is 13.1. The molecule has 2 N–H and O–H groups in total. The number of aromatic nitrogens is 1. The number of aromatic amines is 1. The summed E-state index contributed by atoms with van der Waals surface area (Å²) in [5.74, 6) is 0.0935. The highest BCUT2D eigenvalue weighted by Crippen LogP contribution is 2.14. The standard InChI is InChI=1S/C14H19N3O/c1-10(14(18)17(2)3)16-9-11-4-5-12-6-7-15-13(12)8-11/h4-8,10,15-16H,9H2,1-3H3. The van der Waals surface area contributed by atoms with Gasteiger partial charge < -0.3 is 15.2 Å². The van der Waals surface area contributed by atoms with Gasteiger partial charge in [0.2, 0.25) is 5.91 Å². The number of carbonyl (C=O) groups excluding carboxylic acids is 1. The molecule has 1 heterocycles. The number of nitrogens with one attached hydrogen (secondary N) is 2. The minimum atomic E-state index is -0.167. The fourth-order valence-electron chi connectivity index (χ4n) is 1.95. The van der Waals surface area contributed by atoms with Crippen molar-refractivity contribution in [3.63, 3.8) is 0 Å². The summed E-state index contributed by atoms with van der Waals surface area (Å²) >= 11 is 0. The van der Waals surface area contributed by atoms with Crippen LogP contribution in [0.2, 0.25) is 0 Å².